The van der Waals surface area contributed by atoms with Crippen molar-refractivity contribution in [2.24, 2.45) is 5.92 Å². The van der Waals surface area contributed by atoms with E-state index in [0.29, 0.717) is 23.8 Å². The van der Waals surface area contributed by atoms with Crippen LogP contribution in [0.4, 0.5) is 5.69 Å². The zero-order valence-corrected chi connectivity index (χ0v) is 10.4. The molecule has 0 atom stereocenters. The monoisotopic (exact) mass is 268 g/mol. The summed E-state index contributed by atoms with van der Waals surface area (Å²) in [7, 11) is 0. The first-order chi connectivity index (χ1) is 8.56. The number of para-hydroxylation sites is 1. The molecule has 0 aromatic heterocycles. The lowest BCUT2D eigenvalue weighted by molar-refractivity contribution is -0.148. The van der Waals surface area contributed by atoms with Gasteiger partial charge in [-0.15, -0.1) is 0 Å². The zero-order chi connectivity index (χ0) is 13.1. The number of carbonyl (C=O) groups excluding carboxylic acids is 1. The third-order valence-electron chi connectivity index (χ3n) is 2.82. The second-order valence-corrected chi connectivity index (χ2v) is 4.66. The van der Waals surface area contributed by atoms with Crippen molar-refractivity contribution < 1.29 is 14.7 Å². The number of likely N-dealkylation sites (tertiary alicyclic amines) is 1. The number of amides is 1. The molecule has 18 heavy (non-hydrogen) atoms. The van der Waals surface area contributed by atoms with Crippen molar-refractivity contribution in [2.45, 2.75) is 0 Å². The molecule has 2 N–H and O–H groups in total. The minimum Gasteiger partial charge on any atom is -0.481 e. The van der Waals surface area contributed by atoms with Crippen molar-refractivity contribution in [3.63, 3.8) is 0 Å². The molecule has 1 fully saturated rings. The van der Waals surface area contributed by atoms with Gasteiger partial charge < -0.3 is 10.4 Å². The van der Waals surface area contributed by atoms with E-state index in [1.165, 1.54) is 0 Å². The molecule has 1 aromatic carbocycles. The number of halogens is 1. The first-order valence-corrected chi connectivity index (χ1v) is 5.93. The molecule has 1 aliphatic heterocycles. The molecule has 1 saturated heterocycles. The molecule has 0 radical (unpaired) electrons. The smallest absolute Gasteiger partial charge is 0.309 e. The van der Waals surface area contributed by atoms with E-state index >= 15 is 0 Å². The normalized spacial score (nSPS) is 16.1. The summed E-state index contributed by atoms with van der Waals surface area (Å²) in [5.74, 6) is -1.34. The number of benzene rings is 1. The molecule has 0 aliphatic carbocycles. The van der Waals surface area contributed by atoms with Crippen molar-refractivity contribution in [3.8, 4) is 0 Å². The summed E-state index contributed by atoms with van der Waals surface area (Å²) in [6, 6.07) is 6.98. The fourth-order valence-corrected chi connectivity index (χ4v) is 1.99. The van der Waals surface area contributed by atoms with Crippen LogP contribution in [0.25, 0.3) is 0 Å². The highest BCUT2D eigenvalue weighted by Gasteiger charge is 2.33. The van der Waals surface area contributed by atoms with Gasteiger partial charge in [0.2, 0.25) is 5.91 Å². The van der Waals surface area contributed by atoms with Gasteiger partial charge in [-0.1, -0.05) is 23.7 Å². The molecule has 0 spiro atoms. The first-order valence-electron chi connectivity index (χ1n) is 5.56. The predicted octanol–water partition coefficient (Wildman–Crippen LogP) is 1.29. The molecule has 6 heteroatoms. The number of anilines is 1. The molecule has 0 unspecified atom stereocenters. The van der Waals surface area contributed by atoms with Crippen molar-refractivity contribution in [3.05, 3.63) is 29.3 Å². The Labute approximate surface area is 109 Å². The van der Waals surface area contributed by atoms with Gasteiger partial charge in [-0.2, -0.15) is 0 Å². The maximum atomic E-state index is 11.7. The summed E-state index contributed by atoms with van der Waals surface area (Å²) in [5, 5.41) is 11.9. The Kier molecular flexibility index (Phi) is 3.84. The van der Waals surface area contributed by atoms with Crippen molar-refractivity contribution in [1.82, 2.24) is 4.90 Å². The highest BCUT2D eigenvalue weighted by atomic mass is 35.5. The van der Waals surface area contributed by atoms with Gasteiger partial charge in [0.05, 0.1) is 23.2 Å². The van der Waals surface area contributed by atoms with Crippen LogP contribution >= 0.6 is 11.6 Å². The molecule has 5 nitrogen and oxygen atoms in total. The van der Waals surface area contributed by atoms with Crippen LogP contribution in [-0.2, 0) is 9.59 Å². The minimum atomic E-state index is -0.808. The molecule has 0 bridgehead atoms. The van der Waals surface area contributed by atoms with Crippen LogP contribution in [0.2, 0.25) is 5.02 Å². The number of hydrogen-bond acceptors (Lipinski definition) is 3. The summed E-state index contributed by atoms with van der Waals surface area (Å²) in [6.45, 7) is 1.03. The summed E-state index contributed by atoms with van der Waals surface area (Å²) in [5.41, 5.74) is 0.569. The Morgan fingerprint density at radius 2 is 2.06 bits per heavy atom. The second kappa shape index (κ2) is 5.37. The lowest BCUT2D eigenvalue weighted by Crippen LogP contribution is -2.52. The lowest BCUT2D eigenvalue weighted by Gasteiger charge is -2.35. The number of rotatable bonds is 4. The first kappa shape index (κ1) is 12.9. The average molecular weight is 269 g/mol. The van der Waals surface area contributed by atoms with Crippen LogP contribution in [0.1, 0.15) is 0 Å². The molecular formula is C12H13ClN2O3. The van der Waals surface area contributed by atoms with Gasteiger partial charge >= 0.3 is 5.97 Å². The lowest BCUT2D eigenvalue weighted by atomic mass is 10.0. The zero-order valence-electron chi connectivity index (χ0n) is 9.60. The van der Waals surface area contributed by atoms with E-state index in [2.05, 4.69) is 5.32 Å². The maximum absolute atomic E-state index is 11.7. The van der Waals surface area contributed by atoms with Crippen LogP contribution < -0.4 is 5.32 Å². The summed E-state index contributed by atoms with van der Waals surface area (Å²) in [6.07, 6.45) is 0. The number of carboxylic acids is 1. The van der Waals surface area contributed by atoms with Gasteiger partial charge in [-0.3, -0.25) is 14.5 Å². The van der Waals surface area contributed by atoms with E-state index in [1.807, 2.05) is 0 Å². The van der Waals surface area contributed by atoms with Crippen molar-refractivity contribution in [1.29, 1.82) is 0 Å². The minimum absolute atomic E-state index is 0.188. The van der Waals surface area contributed by atoms with E-state index in [-0.39, 0.29) is 18.4 Å². The topological polar surface area (TPSA) is 69.6 Å². The Hall–Kier alpha value is -1.59. The van der Waals surface area contributed by atoms with E-state index in [9.17, 15) is 9.59 Å². The predicted molar refractivity (Wildman–Crippen MR) is 67.6 cm³/mol. The van der Waals surface area contributed by atoms with Crippen LogP contribution in [0.3, 0.4) is 0 Å². The van der Waals surface area contributed by atoms with E-state index in [4.69, 9.17) is 16.7 Å². The fraction of sp³-hybridized carbons (Fsp3) is 0.333. The molecule has 1 aliphatic rings. The molecular weight excluding hydrogens is 256 g/mol. The highest BCUT2D eigenvalue weighted by molar-refractivity contribution is 6.33. The average Bonchev–Trinajstić information content (AvgIpc) is 2.25. The van der Waals surface area contributed by atoms with Crippen molar-refractivity contribution >= 4 is 29.2 Å². The molecule has 1 heterocycles. The summed E-state index contributed by atoms with van der Waals surface area (Å²) < 4.78 is 0. The molecule has 1 amide bonds. The van der Waals surface area contributed by atoms with Crippen LogP contribution in [0.5, 0.6) is 0 Å². The number of nitrogens with one attached hydrogen (secondary N) is 1. The number of carboxylic acid groups (broad SMARTS) is 1. The highest BCUT2D eigenvalue weighted by Crippen LogP contribution is 2.21. The Bertz CT molecular complexity index is 472. The van der Waals surface area contributed by atoms with Gasteiger partial charge in [0, 0.05) is 13.1 Å². The third-order valence-corrected chi connectivity index (χ3v) is 3.15. The van der Waals surface area contributed by atoms with Gasteiger partial charge in [-0.25, -0.2) is 0 Å². The summed E-state index contributed by atoms with van der Waals surface area (Å²) >= 11 is 5.91. The third kappa shape index (κ3) is 3.00. The van der Waals surface area contributed by atoms with E-state index in [1.54, 1.807) is 29.2 Å². The Morgan fingerprint density at radius 3 is 2.67 bits per heavy atom. The fourth-order valence-electron chi connectivity index (χ4n) is 1.81. The number of nitrogens with zero attached hydrogens (tertiary/aromatic N) is 1. The number of hydrogen-bond donors (Lipinski definition) is 2. The SMILES string of the molecule is O=C(CN1CC(C(=O)O)C1)Nc1ccccc1Cl. The second-order valence-electron chi connectivity index (χ2n) is 4.26. The largest absolute Gasteiger partial charge is 0.481 e. The summed E-state index contributed by atoms with van der Waals surface area (Å²) in [4.78, 5) is 24.1. The van der Waals surface area contributed by atoms with Gasteiger partial charge in [0.1, 0.15) is 0 Å². The van der Waals surface area contributed by atoms with Gasteiger partial charge in [0.25, 0.3) is 0 Å². The van der Waals surface area contributed by atoms with Gasteiger partial charge in [-0.05, 0) is 12.1 Å². The van der Waals surface area contributed by atoms with E-state index < -0.39 is 5.97 Å². The van der Waals surface area contributed by atoms with Gasteiger partial charge in [0.15, 0.2) is 0 Å². The molecule has 0 saturated carbocycles. The van der Waals surface area contributed by atoms with E-state index in [0.717, 1.165) is 0 Å². The standard InChI is InChI=1S/C12H13ClN2O3/c13-9-3-1-2-4-10(9)14-11(16)7-15-5-8(6-15)12(17)18/h1-4,8H,5-7H2,(H,14,16)(H,17,18). The van der Waals surface area contributed by atoms with Crippen LogP contribution in [0.15, 0.2) is 24.3 Å². The quantitative estimate of drug-likeness (QED) is 0.863. The number of aliphatic carboxylic acids is 1. The van der Waals surface area contributed by atoms with Crippen molar-refractivity contribution in [2.75, 3.05) is 25.0 Å². The molecule has 1 aromatic rings. The number of carbonyl (C=O) groups is 2. The molecule has 96 valence electrons. The van der Waals surface area contributed by atoms with Crippen LogP contribution in [-0.4, -0.2) is 41.5 Å². The maximum Gasteiger partial charge on any atom is 0.309 e. The Balaban J connectivity index is 1.80. The Morgan fingerprint density at radius 1 is 1.39 bits per heavy atom. The van der Waals surface area contributed by atoms with Crippen LogP contribution in [0, 0.1) is 5.92 Å². The molecule has 2 rings (SSSR count).